The number of carbonyl (C=O) groups excluding carboxylic acids is 2. The monoisotopic (exact) mass is 503 g/mol. The van der Waals surface area contributed by atoms with Crippen LogP contribution in [0.4, 0.5) is 10.1 Å². The minimum absolute atomic E-state index is 0.00245. The number of halogens is 1. The number of Topliss-reactive ketones (excluding diaryl/α,β-unsaturated/α-hetero) is 1. The minimum atomic E-state index is -0.323. The molecule has 0 atom stereocenters. The van der Waals surface area contributed by atoms with E-state index >= 15 is 0 Å². The summed E-state index contributed by atoms with van der Waals surface area (Å²) in [6, 6.07) is 21.0. The second-order valence-corrected chi connectivity index (χ2v) is 9.60. The molecule has 1 fully saturated rings. The molecule has 7 heteroatoms. The summed E-state index contributed by atoms with van der Waals surface area (Å²) in [5.41, 5.74) is 3.14. The van der Waals surface area contributed by atoms with E-state index < -0.39 is 0 Å². The Morgan fingerprint density at radius 3 is 2.05 bits per heavy atom. The van der Waals surface area contributed by atoms with Crippen molar-refractivity contribution in [1.82, 2.24) is 9.91 Å². The Morgan fingerprint density at radius 2 is 1.49 bits per heavy atom. The normalized spacial score (nSPS) is 14.5. The zero-order chi connectivity index (χ0) is 26.4. The van der Waals surface area contributed by atoms with Gasteiger partial charge in [0.25, 0.3) is 5.91 Å². The van der Waals surface area contributed by atoms with Crippen molar-refractivity contribution in [1.29, 1.82) is 0 Å². The van der Waals surface area contributed by atoms with E-state index in [-0.39, 0.29) is 23.4 Å². The molecular formula is C30H34FN3O3. The summed E-state index contributed by atoms with van der Waals surface area (Å²) in [5.74, 6) is 0.423. The number of ether oxygens (including phenoxy) is 1. The van der Waals surface area contributed by atoms with Crippen molar-refractivity contribution in [2.75, 3.05) is 45.8 Å². The zero-order valence-corrected chi connectivity index (χ0v) is 21.7. The average molecular weight is 504 g/mol. The first-order valence-electron chi connectivity index (χ1n) is 12.6. The SMILES string of the molecule is COc1ccc(N(C(=O)c2ccc(CCN3CCC(C(=O)c4ccc(F)cc4)CC3)cc2)N(C)C)cc1. The molecule has 0 N–H and O–H groups in total. The van der Waals surface area contributed by atoms with E-state index in [0.717, 1.165) is 50.3 Å². The molecule has 1 heterocycles. The van der Waals surface area contributed by atoms with Crippen LogP contribution in [0, 0.1) is 11.7 Å². The lowest BCUT2D eigenvalue weighted by molar-refractivity contribution is 0.0840. The summed E-state index contributed by atoms with van der Waals surface area (Å²) >= 11 is 0. The smallest absolute Gasteiger partial charge is 0.272 e. The molecule has 1 aliphatic heterocycles. The molecule has 3 aromatic rings. The van der Waals surface area contributed by atoms with Gasteiger partial charge in [-0.3, -0.25) is 9.59 Å². The average Bonchev–Trinajstić information content (AvgIpc) is 2.93. The van der Waals surface area contributed by atoms with Gasteiger partial charge in [0.05, 0.1) is 12.8 Å². The maximum Gasteiger partial charge on any atom is 0.272 e. The number of rotatable bonds is 9. The molecule has 0 aromatic heterocycles. The van der Waals surface area contributed by atoms with Crippen LogP contribution in [0.25, 0.3) is 0 Å². The zero-order valence-electron chi connectivity index (χ0n) is 21.7. The number of methoxy groups -OCH3 is 1. The molecule has 1 amide bonds. The number of benzene rings is 3. The summed E-state index contributed by atoms with van der Waals surface area (Å²) in [4.78, 5) is 28.4. The Morgan fingerprint density at radius 1 is 0.892 bits per heavy atom. The number of amides is 1. The molecule has 0 radical (unpaired) electrons. The number of hydrazine groups is 1. The van der Waals surface area contributed by atoms with Crippen LogP contribution in [0.15, 0.2) is 72.8 Å². The van der Waals surface area contributed by atoms with Crippen LogP contribution in [-0.2, 0) is 6.42 Å². The lowest BCUT2D eigenvalue weighted by Gasteiger charge is -2.31. The Labute approximate surface area is 218 Å². The molecule has 6 nitrogen and oxygen atoms in total. The summed E-state index contributed by atoms with van der Waals surface area (Å²) in [7, 11) is 5.30. The van der Waals surface area contributed by atoms with E-state index in [2.05, 4.69) is 4.90 Å². The predicted octanol–water partition coefficient (Wildman–Crippen LogP) is 5.10. The van der Waals surface area contributed by atoms with E-state index in [1.165, 1.54) is 17.7 Å². The van der Waals surface area contributed by atoms with Crippen LogP contribution in [0.5, 0.6) is 5.75 Å². The van der Waals surface area contributed by atoms with Crippen LogP contribution in [-0.4, -0.2) is 62.4 Å². The highest BCUT2D eigenvalue weighted by Gasteiger charge is 2.26. The molecule has 0 unspecified atom stereocenters. The number of ketones is 1. The third-order valence-corrected chi connectivity index (χ3v) is 6.91. The molecule has 1 saturated heterocycles. The van der Waals surface area contributed by atoms with Gasteiger partial charge in [-0.25, -0.2) is 14.4 Å². The Hall–Kier alpha value is -3.55. The van der Waals surface area contributed by atoms with E-state index in [1.807, 2.05) is 62.6 Å². The second kappa shape index (κ2) is 12.1. The first kappa shape index (κ1) is 26.5. The standard InChI is InChI=1S/C30H34FN3O3/c1-32(2)34(27-12-14-28(37-3)15-13-27)30(36)25-6-4-22(5-7-25)16-19-33-20-17-24(18-21-33)29(35)23-8-10-26(31)11-9-23/h4-15,24H,16-21H2,1-3H3. The highest BCUT2D eigenvalue weighted by molar-refractivity contribution is 6.05. The van der Waals surface area contributed by atoms with Crippen molar-refractivity contribution >= 4 is 17.4 Å². The minimum Gasteiger partial charge on any atom is -0.497 e. The van der Waals surface area contributed by atoms with Gasteiger partial charge in [0.2, 0.25) is 0 Å². The highest BCUT2D eigenvalue weighted by atomic mass is 19.1. The van der Waals surface area contributed by atoms with Crippen LogP contribution in [0.1, 0.15) is 39.1 Å². The van der Waals surface area contributed by atoms with Crippen molar-refractivity contribution in [2.45, 2.75) is 19.3 Å². The number of nitrogens with zero attached hydrogens (tertiary/aromatic N) is 3. The molecule has 194 valence electrons. The fraction of sp³-hybridized carbons (Fsp3) is 0.333. The Bertz CT molecular complexity index is 1190. The van der Waals surface area contributed by atoms with E-state index in [9.17, 15) is 14.0 Å². The number of piperidine rings is 1. The summed E-state index contributed by atoms with van der Waals surface area (Å²) < 4.78 is 18.4. The van der Waals surface area contributed by atoms with Crippen LogP contribution in [0.2, 0.25) is 0 Å². The Kier molecular flexibility index (Phi) is 8.69. The second-order valence-electron chi connectivity index (χ2n) is 9.60. The van der Waals surface area contributed by atoms with E-state index in [1.54, 1.807) is 29.3 Å². The van der Waals surface area contributed by atoms with Crippen molar-refractivity contribution in [2.24, 2.45) is 5.92 Å². The lowest BCUT2D eigenvalue weighted by atomic mass is 9.89. The largest absolute Gasteiger partial charge is 0.497 e. The van der Waals surface area contributed by atoms with Crippen molar-refractivity contribution in [3.05, 3.63) is 95.3 Å². The third-order valence-electron chi connectivity index (χ3n) is 6.91. The number of hydrogen-bond donors (Lipinski definition) is 0. The predicted molar refractivity (Wildman–Crippen MR) is 144 cm³/mol. The number of anilines is 1. The maximum atomic E-state index is 13.3. The van der Waals surface area contributed by atoms with Gasteiger partial charge < -0.3 is 9.64 Å². The Balaban J connectivity index is 1.29. The van der Waals surface area contributed by atoms with Gasteiger partial charge in [-0.2, -0.15) is 0 Å². The van der Waals surface area contributed by atoms with Gasteiger partial charge in [-0.15, -0.1) is 0 Å². The van der Waals surface area contributed by atoms with Gasteiger partial charge in [0.15, 0.2) is 5.78 Å². The highest BCUT2D eigenvalue weighted by Crippen LogP contribution is 2.24. The quantitative estimate of drug-likeness (QED) is 0.301. The molecule has 3 aromatic carbocycles. The molecule has 0 aliphatic carbocycles. The van der Waals surface area contributed by atoms with E-state index in [0.29, 0.717) is 11.1 Å². The topological polar surface area (TPSA) is 53.1 Å². The van der Waals surface area contributed by atoms with Gasteiger partial charge in [-0.05, 0) is 98.6 Å². The van der Waals surface area contributed by atoms with Crippen LogP contribution < -0.4 is 9.75 Å². The molecule has 0 bridgehead atoms. The lowest BCUT2D eigenvalue weighted by Crippen LogP contribution is -2.42. The fourth-order valence-electron chi connectivity index (χ4n) is 4.75. The molecular weight excluding hydrogens is 469 g/mol. The summed E-state index contributed by atoms with van der Waals surface area (Å²) in [5, 5.41) is 3.40. The summed E-state index contributed by atoms with van der Waals surface area (Å²) in [6.45, 7) is 2.64. The first-order chi connectivity index (χ1) is 17.9. The van der Waals surface area contributed by atoms with E-state index in [4.69, 9.17) is 4.74 Å². The fourth-order valence-corrected chi connectivity index (χ4v) is 4.75. The van der Waals surface area contributed by atoms with Gasteiger partial charge in [0, 0.05) is 37.7 Å². The van der Waals surface area contributed by atoms with Crippen molar-refractivity contribution in [3.63, 3.8) is 0 Å². The number of hydrogen-bond acceptors (Lipinski definition) is 5. The molecule has 4 rings (SSSR count). The van der Waals surface area contributed by atoms with Crippen molar-refractivity contribution in [3.8, 4) is 5.75 Å². The molecule has 0 spiro atoms. The van der Waals surface area contributed by atoms with Gasteiger partial charge in [-0.1, -0.05) is 12.1 Å². The number of carbonyl (C=O) groups is 2. The molecule has 37 heavy (non-hydrogen) atoms. The first-order valence-corrected chi connectivity index (χ1v) is 12.6. The number of likely N-dealkylation sites (tertiary alicyclic amines) is 1. The van der Waals surface area contributed by atoms with Gasteiger partial charge in [0.1, 0.15) is 11.6 Å². The van der Waals surface area contributed by atoms with Crippen LogP contribution >= 0.6 is 0 Å². The van der Waals surface area contributed by atoms with Gasteiger partial charge >= 0.3 is 0 Å². The van der Waals surface area contributed by atoms with Crippen molar-refractivity contribution < 1.29 is 18.7 Å². The molecule has 0 saturated carbocycles. The summed E-state index contributed by atoms with van der Waals surface area (Å²) in [6.07, 6.45) is 2.51. The third kappa shape index (κ3) is 6.61. The maximum absolute atomic E-state index is 13.3. The molecule has 1 aliphatic rings. The van der Waals surface area contributed by atoms with Crippen LogP contribution in [0.3, 0.4) is 0 Å².